The van der Waals surface area contributed by atoms with Crippen molar-refractivity contribution in [3.63, 3.8) is 0 Å². The van der Waals surface area contributed by atoms with Crippen LogP contribution in [0.4, 0.5) is 0 Å². The Morgan fingerprint density at radius 3 is 1.14 bits per heavy atom. The van der Waals surface area contributed by atoms with Crippen LogP contribution in [0.2, 0.25) is 0 Å². The first-order valence-corrected chi connectivity index (χ1v) is 7.55. The van der Waals surface area contributed by atoms with Crippen LogP contribution in [0.5, 0.6) is 0 Å². The van der Waals surface area contributed by atoms with E-state index in [1.165, 1.54) is 0 Å². The molecule has 0 aliphatic rings. The molecule has 0 amide bonds. The fraction of sp³-hybridized carbons (Fsp3) is 0.833. The van der Waals surface area contributed by atoms with E-state index in [-0.39, 0.29) is 37.4 Å². The van der Waals surface area contributed by atoms with Crippen LogP contribution >= 0.6 is 0 Å². The average Bonchev–Trinajstić information content (AvgIpc) is 2.27. The molecule has 0 saturated carbocycles. The minimum absolute atomic E-state index is 0. The Hall–Kier alpha value is -1.19. The SMILES string of the molecule is C.CC(=O)C(C)C.CC(=O)C(C)C(C)C.CC(C)CC(=O)O. The second kappa shape index (κ2) is 16.2. The standard InChI is InChI=1S/C7H14O.C5H10O2.C5H10O.CH4/c1-5(2)6(3)7(4)8;1-4(2)3-5(6)7;1-4(2)5(3)6;/h5-6H,1-4H3;4H,3H2,1-2H3,(H,6,7);4H,1-3H3;1H4. The first kappa shape index (κ1) is 28.9. The number of carbonyl (C=O) groups excluding carboxylic acids is 2. The number of rotatable bonds is 5. The number of carboxylic acids is 1. The molecule has 1 N–H and O–H groups in total. The number of hydrogen-bond donors (Lipinski definition) is 1. The summed E-state index contributed by atoms with van der Waals surface area (Å²) in [5.41, 5.74) is 0. The third kappa shape index (κ3) is 27.2. The molecule has 1 atom stereocenters. The molecule has 0 rings (SSSR count). The van der Waals surface area contributed by atoms with Gasteiger partial charge in [0.1, 0.15) is 11.6 Å². The van der Waals surface area contributed by atoms with E-state index < -0.39 is 5.97 Å². The van der Waals surface area contributed by atoms with Crippen molar-refractivity contribution >= 4 is 17.5 Å². The molecule has 0 heterocycles. The summed E-state index contributed by atoms with van der Waals surface area (Å²) in [7, 11) is 0. The molecule has 0 aromatic carbocycles. The summed E-state index contributed by atoms with van der Waals surface area (Å²) < 4.78 is 0. The van der Waals surface area contributed by atoms with Crippen LogP contribution in [0.3, 0.4) is 0 Å². The van der Waals surface area contributed by atoms with Gasteiger partial charge in [0.15, 0.2) is 0 Å². The maximum Gasteiger partial charge on any atom is 0.303 e. The van der Waals surface area contributed by atoms with Crippen LogP contribution in [-0.2, 0) is 14.4 Å². The largest absolute Gasteiger partial charge is 0.481 e. The molecule has 0 fully saturated rings. The van der Waals surface area contributed by atoms with Crippen molar-refractivity contribution in [2.24, 2.45) is 23.7 Å². The van der Waals surface area contributed by atoms with Crippen LogP contribution in [-0.4, -0.2) is 22.6 Å². The number of carboxylic acid groups (broad SMARTS) is 1. The van der Waals surface area contributed by atoms with Gasteiger partial charge in [0, 0.05) is 18.3 Å². The van der Waals surface area contributed by atoms with E-state index in [0.717, 1.165) is 0 Å². The monoisotopic (exact) mass is 318 g/mol. The van der Waals surface area contributed by atoms with Crippen LogP contribution < -0.4 is 0 Å². The lowest BCUT2D eigenvalue weighted by molar-refractivity contribution is -0.137. The van der Waals surface area contributed by atoms with Crippen LogP contribution in [0.1, 0.15) is 76.2 Å². The van der Waals surface area contributed by atoms with Gasteiger partial charge in [-0.15, -0.1) is 0 Å². The highest BCUT2D eigenvalue weighted by Crippen LogP contribution is 2.09. The Morgan fingerprint density at radius 1 is 0.818 bits per heavy atom. The van der Waals surface area contributed by atoms with Crippen LogP contribution in [0.25, 0.3) is 0 Å². The predicted octanol–water partition coefficient (Wildman–Crippen LogP) is 4.85. The van der Waals surface area contributed by atoms with Gasteiger partial charge in [-0.3, -0.25) is 14.4 Å². The number of aliphatic carboxylic acids is 1. The number of hydrogen-bond acceptors (Lipinski definition) is 3. The van der Waals surface area contributed by atoms with Crippen molar-refractivity contribution in [1.82, 2.24) is 0 Å². The highest BCUT2D eigenvalue weighted by molar-refractivity contribution is 5.78. The quantitative estimate of drug-likeness (QED) is 0.786. The highest BCUT2D eigenvalue weighted by atomic mass is 16.4. The zero-order valence-corrected chi connectivity index (χ0v) is 15.2. The Labute approximate surface area is 137 Å². The van der Waals surface area contributed by atoms with Crippen molar-refractivity contribution in [3.8, 4) is 0 Å². The van der Waals surface area contributed by atoms with Gasteiger partial charge in [-0.25, -0.2) is 0 Å². The maximum atomic E-state index is 10.6. The molecule has 4 nitrogen and oxygen atoms in total. The van der Waals surface area contributed by atoms with Gasteiger partial charge >= 0.3 is 5.97 Å². The Bertz CT molecular complexity index is 304. The van der Waals surface area contributed by atoms with E-state index in [1.807, 2.05) is 34.6 Å². The van der Waals surface area contributed by atoms with E-state index in [9.17, 15) is 14.4 Å². The van der Waals surface area contributed by atoms with E-state index in [4.69, 9.17) is 5.11 Å². The van der Waals surface area contributed by atoms with Gasteiger partial charge in [-0.1, -0.05) is 55.9 Å². The van der Waals surface area contributed by atoms with Gasteiger partial charge in [0.25, 0.3) is 0 Å². The predicted molar refractivity (Wildman–Crippen MR) is 94.0 cm³/mol. The molecule has 0 spiro atoms. The smallest absolute Gasteiger partial charge is 0.303 e. The molecule has 0 aromatic rings. The first-order valence-electron chi connectivity index (χ1n) is 7.55. The van der Waals surface area contributed by atoms with E-state index in [1.54, 1.807) is 13.8 Å². The van der Waals surface area contributed by atoms with E-state index in [0.29, 0.717) is 11.7 Å². The van der Waals surface area contributed by atoms with Crippen molar-refractivity contribution in [2.45, 2.75) is 76.2 Å². The van der Waals surface area contributed by atoms with Crippen LogP contribution in [0, 0.1) is 23.7 Å². The molecule has 0 radical (unpaired) electrons. The Morgan fingerprint density at radius 2 is 1.14 bits per heavy atom. The summed E-state index contributed by atoms with van der Waals surface area (Å²) >= 11 is 0. The summed E-state index contributed by atoms with van der Waals surface area (Å²) in [5.74, 6) is 1.05. The second-order valence-electron chi connectivity index (χ2n) is 6.40. The maximum absolute atomic E-state index is 10.6. The number of carbonyl (C=O) groups is 3. The first-order chi connectivity index (χ1) is 9.32. The molecule has 0 aromatic heterocycles. The molecule has 0 bridgehead atoms. The third-order valence-corrected chi connectivity index (χ3v) is 3.04. The Kier molecular flexibility index (Phi) is 21.3. The molecule has 0 saturated heterocycles. The van der Waals surface area contributed by atoms with E-state index in [2.05, 4.69) is 13.8 Å². The Balaban J connectivity index is -0.000000109. The normalized spacial score (nSPS) is 10.7. The molecule has 0 aliphatic heterocycles. The van der Waals surface area contributed by atoms with Gasteiger partial charge in [0.2, 0.25) is 0 Å². The lowest BCUT2D eigenvalue weighted by Gasteiger charge is -2.09. The third-order valence-electron chi connectivity index (χ3n) is 3.04. The summed E-state index contributed by atoms with van der Waals surface area (Å²) in [6.45, 7) is 16.9. The van der Waals surface area contributed by atoms with Crippen molar-refractivity contribution in [1.29, 1.82) is 0 Å². The van der Waals surface area contributed by atoms with Crippen molar-refractivity contribution < 1.29 is 19.5 Å². The van der Waals surface area contributed by atoms with E-state index >= 15 is 0 Å². The topological polar surface area (TPSA) is 71.4 Å². The molecule has 22 heavy (non-hydrogen) atoms. The van der Waals surface area contributed by atoms with Gasteiger partial charge in [0.05, 0.1) is 0 Å². The van der Waals surface area contributed by atoms with Crippen molar-refractivity contribution in [3.05, 3.63) is 0 Å². The lowest BCUT2D eigenvalue weighted by Crippen LogP contribution is -2.12. The number of ketones is 2. The zero-order valence-electron chi connectivity index (χ0n) is 15.2. The molecular weight excluding hydrogens is 280 g/mol. The molecular formula is C18H38O4. The highest BCUT2D eigenvalue weighted by Gasteiger charge is 2.10. The molecule has 1 unspecified atom stereocenters. The number of Topliss-reactive ketones (excluding diaryl/α,β-unsaturated/α-hetero) is 2. The fourth-order valence-electron chi connectivity index (χ4n) is 0.819. The minimum atomic E-state index is -0.713. The summed E-state index contributed by atoms with van der Waals surface area (Å²) in [6.07, 6.45) is 0.278. The molecule has 0 aliphatic carbocycles. The van der Waals surface area contributed by atoms with Crippen molar-refractivity contribution in [2.75, 3.05) is 0 Å². The second-order valence-corrected chi connectivity index (χ2v) is 6.40. The van der Waals surface area contributed by atoms with Gasteiger partial charge in [-0.2, -0.15) is 0 Å². The fourth-order valence-corrected chi connectivity index (χ4v) is 0.819. The molecule has 134 valence electrons. The zero-order chi connectivity index (χ0) is 17.7. The minimum Gasteiger partial charge on any atom is -0.481 e. The lowest BCUT2D eigenvalue weighted by atomic mass is 9.95. The summed E-state index contributed by atoms with van der Waals surface area (Å²) in [6, 6.07) is 0. The molecule has 4 heteroatoms. The summed E-state index contributed by atoms with van der Waals surface area (Å²) in [4.78, 5) is 30.5. The van der Waals surface area contributed by atoms with Gasteiger partial charge in [-0.05, 0) is 25.7 Å². The average molecular weight is 318 g/mol. The summed E-state index contributed by atoms with van der Waals surface area (Å²) in [5, 5.41) is 8.08. The van der Waals surface area contributed by atoms with Gasteiger partial charge < -0.3 is 5.11 Å². The van der Waals surface area contributed by atoms with Crippen LogP contribution in [0.15, 0.2) is 0 Å².